The molecule has 1 saturated heterocycles. The number of nitrogens with zero attached hydrogens (tertiary/aromatic N) is 3. The molecule has 1 aliphatic rings. The van der Waals surface area contributed by atoms with E-state index in [1.807, 2.05) is 0 Å². The second kappa shape index (κ2) is 5.48. The maximum Gasteiger partial charge on any atom is 0.278 e. The standard InChI is InChI=1S/C10H15ClN4O2/c11-9-8(12)10(16)15(7-13-9)2-1-14-3-5-17-6-4-14/h7H,1-6,12H2. The Kier molecular flexibility index (Phi) is 3.98. The van der Waals surface area contributed by atoms with E-state index in [-0.39, 0.29) is 16.4 Å². The van der Waals surface area contributed by atoms with Crippen LogP contribution in [0, 0.1) is 0 Å². The van der Waals surface area contributed by atoms with Gasteiger partial charge in [0.25, 0.3) is 5.56 Å². The maximum atomic E-state index is 11.7. The van der Waals surface area contributed by atoms with E-state index in [1.165, 1.54) is 10.9 Å². The van der Waals surface area contributed by atoms with Gasteiger partial charge in [0.05, 0.1) is 19.5 Å². The molecule has 94 valence electrons. The summed E-state index contributed by atoms with van der Waals surface area (Å²) < 4.78 is 6.73. The van der Waals surface area contributed by atoms with E-state index in [1.54, 1.807) is 0 Å². The van der Waals surface area contributed by atoms with E-state index in [0.717, 1.165) is 32.8 Å². The fraction of sp³-hybridized carbons (Fsp3) is 0.600. The van der Waals surface area contributed by atoms with Gasteiger partial charge in [-0.1, -0.05) is 11.6 Å². The van der Waals surface area contributed by atoms with Crippen LogP contribution in [0.2, 0.25) is 5.15 Å². The van der Waals surface area contributed by atoms with Gasteiger partial charge in [-0.2, -0.15) is 0 Å². The highest BCUT2D eigenvalue weighted by molar-refractivity contribution is 6.31. The predicted molar refractivity (Wildman–Crippen MR) is 65.2 cm³/mol. The van der Waals surface area contributed by atoms with Crippen molar-refractivity contribution < 1.29 is 4.74 Å². The number of rotatable bonds is 3. The quantitative estimate of drug-likeness (QED) is 0.761. The number of morpholine rings is 1. The predicted octanol–water partition coefficient (Wildman–Crippen LogP) is -0.189. The second-order valence-electron chi connectivity index (χ2n) is 3.90. The smallest absolute Gasteiger partial charge is 0.278 e. The number of hydrogen-bond donors (Lipinski definition) is 1. The van der Waals surface area contributed by atoms with Crippen molar-refractivity contribution in [2.75, 3.05) is 38.6 Å². The summed E-state index contributed by atoms with van der Waals surface area (Å²) in [6.07, 6.45) is 1.43. The molecule has 1 aromatic rings. The van der Waals surface area contributed by atoms with Gasteiger partial charge >= 0.3 is 0 Å². The summed E-state index contributed by atoms with van der Waals surface area (Å²) >= 11 is 5.66. The number of halogens is 1. The monoisotopic (exact) mass is 258 g/mol. The Bertz CT molecular complexity index is 442. The topological polar surface area (TPSA) is 73.4 Å². The van der Waals surface area contributed by atoms with Crippen molar-refractivity contribution in [3.8, 4) is 0 Å². The van der Waals surface area contributed by atoms with Crippen molar-refractivity contribution in [1.82, 2.24) is 14.5 Å². The van der Waals surface area contributed by atoms with Crippen LogP contribution in [0.3, 0.4) is 0 Å². The van der Waals surface area contributed by atoms with Crippen LogP contribution in [0.15, 0.2) is 11.1 Å². The van der Waals surface area contributed by atoms with Crippen LogP contribution in [0.1, 0.15) is 0 Å². The largest absolute Gasteiger partial charge is 0.392 e. The molecule has 2 heterocycles. The van der Waals surface area contributed by atoms with Gasteiger partial charge in [0.2, 0.25) is 0 Å². The van der Waals surface area contributed by atoms with Gasteiger partial charge in [-0.15, -0.1) is 0 Å². The van der Waals surface area contributed by atoms with E-state index in [2.05, 4.69) is 9.88 Å². The Balaban J connectivity index is 1.99. The van der Waals surface area contributed by atoms with Crippen LogP contribution in [-0.2, 0) is 11.3 Å². The first kappa shape index (κ1) is 12.3. The molecule has 0 atom stereocenters. The number of ether oxygens (including phenoxy) is 1. The summed E-state index contributed by atoms with van der Waals surface area (Å²) in [5.74, 6) is 0. The number of anilines is 1. The number of nitrogen functional groups attached to an aromatic ring is 1. The Hall–Kier alpha value is -1.11. The first-order valence-electron chi connectivity index (χ1n) is 5.49. The molecule has 2 rings (SSSR count). The molecule has 0 amide bonds. The van der Waals surface area contributed by atoms with Crippen molar-refractivity contribution in [3.63, 3.8) is 0 Å². The third-order valence-corrected chi connectivity index (χ3v) is 3.09. The Morgan fingerprint density at radius 3 is 2.82 bits per heavy atom. The molecule has 0 unspecified atom stereocenters. The highest BCUT2D eigenvalue weighted by atomic mass is 35.5. The van der Waals surface area contributed by atoms with E-state index in [4.69, 9.17) is 22.1 Å². The van der Waals surface area contributed by atoms with Gasteiger partial charge in [0.1, 0.15) is 5.69 Å². The molecular weight excluding hydrogens is 244 g/mol. The summed E-state index contributed by atoms with van der Waals surface area (Å²) in [6.45, 7) is 4.63. The maximum absolute atomic E-state index is 11.7. The molecule has 6 nitrogen and oxygen atoms in total. The van der Waals surface area contributed by atoms with Gasteiger partial charge in [0, 0.05) is 26.2 Å². The van der Waals surface area contributed by atoms with E-state index in [0.29, 0.717) is 6.54 Å². The molecule has 0 aromatic carbocycles. The molecule has 2 N–H and O–H groups in total. The Labute approximate surface area is 104 Å². The van der Waals surface area contributed by atoms with Crippen LogP contribution < -0.4 is 11.3 Å². The molecule has 0 saturated carbocycles. The first-order valence-corrected chi connectivity index (χ1v) is 5.87. The molecule has 1 aliphatic heterocycles. The van der Waals surface area contributed by atoms with Crippen LogP contribution in [0.4, 0.5) is 5.69 Å². The minimum absolute atomic E-state index is 0.0103. The normalized spacial score (nSPS) is 17.2. The van der Waals surface area contributed by atoms with Crippen LogP contribution in [0.5, 0.6) is 0 Å². The summed E-state index contributed by atoms with van der Waals surface area (Å²) in [4.78, 5) is 17.8. The molecule has 1 fully saturated rings. The molecule has 0 aliphatic carbocycles. The summed E-state index contributed by atoms with van der Waals surface area (Å²) in [5.41, 5.74) is 5.26. The average Bonchev–Trinajstić information content (AvgIpc) is 2.36. The van der Waals surface area contributed by atoms with Crippen molar-refractivity contribution in [3.05, 3.63) is 21.8 Å². The van der Waals surface area contributed by atoms with E-state index < -0.39 is 0 Å². The fourth-order valence-corrected chi connectivity index (χ4v) is 1.84. The lowest BCUT2D eigenvalue weighted by Crippen LogP contribution is -2.39. The lowest BCUT2D eigenvalue weighted by Gasteiger charge is -2.26. The summed E-state index contributed by atoms with van der Waals surface area (Å²) in [7, 11) is 0. The van der Waals surface area contributed by atoms with Crippen molar-refractivity contribution in [2.24, 2.45) is 0 Å². The molecule has 17 heavy (non-hydrogen) atoms. The molecular formula is C10H15ClN4O2. The summed E-state index contributed by atoms with van der Waals surface area (Å²) in [5, 5.41) is 0.0672. The van der Waals surface area contributed by atoms with Gasteiger partial charge in [-0.3, -0.25) is 14.3 Å². The van der Waals surface area contributed by atoms with Crippen molar-refractivity contribution >= 4 is 17.3 Å². The molecule has 1 aromatic heterocycles. The highest BCUT2D eigenvalue weighted by Gasteiger charge is 2.11. The minimum Gasteiger partial charge on any atom is -0.392 e. The Morgan fingerprint density at radius 1 is 1.41 bits per heavy atom. The zero-order valence-electron chi connectivity index (χ0n) is 9.43. The zero-order chi connectivity index (χ0) is 12.3. The SMILES string of the molecule is Nc1c(Cl)ncn(CCN2CCOCC2)c1=O. The third kappa shape index (κ3) is 2.96. The minimum atomic E-state index is -0.279. The average molecular weight is 259 g/mol. The zero-order valence-corrected chi connectivity index (χ0v) is 10.2. The van der Waals surface area contributed by atoms with Gasteiger partial charge in [-0.25, -0.2) is 4.98 Å². The van der Waals surface area contributed by atoms with E-state index in [9.17, 15) is 4.79 Å². The van der Waals surface area contributed by atoms with Crippen LogP contribution >= 0.6 is 11.6 Å². The number of aromatic nitrogens is 2. The Morgan fingerprint density at radius 2 is 2.12 bits per heavy atom. The lowest BCUT2D eigenvalue weighted by molar-refractivity contribution is 0.0362. The van der Waals surface area contributed by atoms with Gasteiger partial charge < -0.3 is 10.5 Å². The van der Waals surface area contributed by atoms with Crippen LogP contribution in [-0.4, -0.2) is 47.3 Å². The third-order valence-electron chi connectivity index (χ3n) is 2.78. The molecule has 7 heteroatoms. The highest BCUT2D eigenvalue weighted by Crippen LogP contribution is 2.08. The first-order chi connectivity index (χ1) is 8.18. The van der Waals surface area contributed by atoms with Crippen molar-refractivity contribution in [2.45, 2.75) is 6.54 Å². The fourth-order valence-electron chi connectivity index (χ4n) is 1.72. The molecule has 0 spiro atoms. The lowest BCUT2D eigenvalue weighted by atomic mass is 10.4. The molecule has 0 radical (unpaired) electrons. The van der Waals surface area contributed by atoms with Crippen molar-refractivity contribution in [1.29, 1.82) is 0 Å². The van der Waals surface area contributed by atoms with Crippen LogP contribution in [0.25, 0.3) is 0 Å². The van der Waals surface area contributed by atoms with Gasteiger partial charge in [-0.05, 0) is 0 Å². The molecule has 0 bridgehead atoms. The second-order valence-corrected chi connectivity index (χ2v) is 4.26. The summed E-state index contributed by atoms with van der Waals surface area (Å²) in [6, 6.07) is 0. The van der Waals surface area contributed by atoms with Gasteiger partial charge in [0.15, 0.2) is 5.15 Å². The van der Waals surface area contributed by atoms with E-state index >= 15 is 0 Å². The number of nitrogens with two attached hydrogens (primary N) is 1. The number of hydrogen-bond acceptors (Lipinski definition) is 5.